The van der Waals surface area contributed by atoms with Crippen molar-refractivity contribution in [2.24, 2.45) is 11.8 Å². The molecular formula is C29H32ClN7O3. The lowest BCUT2D eigenvalue weighted by Gasteiger charge is -2.28. The molecule has 1 aliphatic heterocycles. The van der Waals surface area contributed by atoms with Crippen LogP contribution >= 0.6 is 11.6 Å². The molecule has 2 aliphatic rings. The van der Waals surface area contributed by atoms with Crippen LogP contribution in [-0.4, -0.2) is 37.3 Å². The number of hydrogen-bond donors (Lipinski definition) is 4. The Hall–Kier alpha value is -3.73. The first-order chi connectivity index (χ1) is 19.5. The molecule has 0 spiro atoms. The van der Waals surface area contributed by atoms with Gasteiger partial charge in [-0.2, -0.15) is 4.98 Å². The normalized spacial score (nSPS) is 21.7. The highest BCUT2D eigenvalue weighted by molar-refractivity contribution is 6.30. The fraction of sp³-hybridized carbons (Fsp3) is 0.379. The van der Waals surface area contributed by atoms with E-state index in [9.17, 15) is 9.90 Å². The van der Waals surface area contributed by atoms with Crippen LogP contribution < -0.4 is 16.1 Å². The number of anilines is 1. The molecule has 1 unspecified atom stereocenters. The van der Waals surface area contributed by atoms with E-state index in [4.69, 9.17) is 31.4 Å². The number of carbonyl (C=O) groups is 1. The number of fused-ring (bicyclic) bond motifs is 1. The van der Waals surface area contributed by atoms with Gasteiger partial charge in [0.25, 0.3) is 0 Å². The van der Waals surface area contributed by atoms with Crippen LogP contribution in [0.5, 0.6) is 0 Å². The van der Waals surface area contributed by atoms with E-state index < -0.39 is 12.3 Å². The Balaban J connectivity index is 1.51. The molecule has 0 radical (unpaired) electrons. The molecular weight excluding hydrogens is 530 g/mol. The number of aliphatic hydroxyl groups is 1. The number of imidazole rings is 1. The van der Waals surface area contributed by atoms with Gasteiger partial charge >= 0.3 is 6.09 Å². The van der Waals surface area contributed by atoms with Crippen molar-refractivity contribution >= 4 is 34.8 Å². The Morgan fingerprint density at radius 3 is 2.60 bits per heavy atom. The van der Waals surface area contributed by atoms with Gasteiger partial charge in [0.1, 0.15) is 11.2 Å². The van der Waals surface area contributed by atoms with Crippen LogP contribution in [0.3, 0.4) is 0 Å². The highest BCUT2D eigenvalue weighted by Crippen LogP contribution is 2.36. The van der Waals surface area contributed by atoms with E-state index in [2.05, 4.69) is 27.6 Å². The zero-order chi connectivity index (χ0) is 27.6. The lowest BCUT2D eigenvalue weighted by atomic mass is 9.83. The van der Waals surface area contributed by atoms with Gasteiger partial charge < -0.3 is 19.8 Å². The minimum Gasteiger partial charge on any atom is -0.394 e. The van der Waals surface area contributed by atoms with Crippen molar-refractivity contribution in [3.8, 4) is 11.3 Å². The van der Waals surface area contributed by atoms with Gasteiger partial charge in [0.05, 0.1) is 12.6 Å². The molecule has 11 heteroatoms. The Labute approximate surface area is 237 Å². The van der Waals surface area contributed by atoms with Crippen LogP contribution in [-0.2, 0) is 11.4 Å². The molecule has 1 amide bonds. The summed E-state index contributed by atoms with van der Waals surface area (Å²) < 4.78 is 2.15. The molecule has 4 N–H and O–H groups in total. The van der Waals surface area contributed by atoms with E-state index >= 15 is 0 Å². The van der Waals surface area contributed by atoms with E-state index in [-0.39, 0.29) is 12.6 Å². The molecule has 4 aromatic rings. The molecule has 2 atom stereocenters. The standard InChI is InChI=1S/C29H32ClN7O3/c1-17-10-12-18(13-11-17)15-37-24-23(20-8-5-9-21(30)14-20)32-26(27-35-29(39)40-36-27)33-25(24)34-28(37)31-22(16-38)19-6-3-2-4-7-19/h2-9,14,17-18,22,27,36,38H,10-13,15-16H2,1H3,(H,35,39)(H,31,32,33,34)/t17?,18?,22-,27?/m0/s1. The number of hydroxylamine groups is 1. The number of rotatable bonds is 8. The maximum absolute atomic E-state index is 11.8. The van der Waals surface area contributed by atoms with Crippen molar-refractivity contribution < 1.29 is 14.7 Å². The van der Waals surface area contributed by atoms with E-state index in [0.29, 0.717) is 34.1 Å². The number of benzene rings is 2. The summed E-state index contributed by atoms with van der Waals surface area (Å²) in [4.78, 5) is 31.2. The van der Waals surface area contributed by atoms with E-state index in [1.165, 1.54) is 12.8 Å². The molecule has 1 aliphatic carbocycles. The van der Waals surface area contributed by atoms with Crippen LogP contribution in [0.4, 0.5) is 10.7 Å². The van der Waals surface area contributed by atoms with Gasteiger partial charge in [-0.15, -0.1) is 5.48 Å². The minimum absolute atomic E-state index is 0.110. The maximum Gasteiger partial charge on any atom is 0.427 e. The second-order valence-corrected chi connectivity index (χ2v) is 11.1. The highest BCUT2D eigenvalue weighted by atomic mass is 35.5. The largest absolute Gasteiger partial charge is 0.427 e. The lowest BCUT2D eigenvalue weighted by molar-refractivity contribution is 0.120. The zero-order valence-electron chi connectivity index (χ0n) is 22.2. The molecule has 0 bridgehead atoms. The monoisotopic (exact) mass is 561 g/mol. The van der Waals surface area contributed by atoms with Crippen LogP contribution in [0.1, 0.15) is 56.2 Å². The Morgan fingerprint density at radius 2 is 1.90 bits per heavy atom. The first-order valence-electron chi connectivity index (χ1n) is 13.7. The minimum atomic E-state index is -0.731. The molecule has 208 valence electrons. The number of nitrogens with one attached hydrogen (secondary N) is 3. The van der Waals surface area contributed by atoms with Gasteiger partial charge in [-0.3, -0.25) is 5.32 Å². The summed E-state index contributed by atoms with van der Waals surface area (Å²) in [6.45, 7) is 2.94. The summed E-state index contributed by atoms with van der Waals surface area (Å²) in [6.07, 6.45) is 3.31. The molecule has 2 aromatic heterocycles. The van der Waals surface area contributed by atoms with Gasteiger partial charge in [-0.1, -0.05) is 73.8 Å². The summed E-state index contributed by atoms with van der Waals surface area (Å²) in [7, 11) is 0. The predicted molar refractivity (Wildman–Crippen MR) is 152 cm³/mol. The van der Waals surface area contributed by atoms with Crippen molar-refractivity contribution in [1.29, 1.82) is 0 Å². The van der Waals surface area contributed by atoms with Crippen LogP contribution in [0.15, 0.2) is 54.6 Å². The Kier molecular flexibility index (Phi) is 7.55. The second kappa shape index (κ2) is 11.4. The van der Waals surface area contributed by atoms with Gasteiger partial charge in [0, 0.05) is 17.1 Å². The first kappa shape index (κ1) is 26.5. The van der Waals surface area contributed by atoms with Gasteiger partial charge in [0.15, 0.2) is 17.6 Å². The van der Waals surface area contributed by atoms with Crippen molar-refractivity contribution in [3.63, 3.8) is 0 Å². The summed E-state index contributed by atoms with van der Waals surface area (Å²) in [6, 6.07) is 16.9. The van der Waals surface area contributed by atoms with Crippen molar-refractivity contribution in [2.45, 2.75) is 51.4 Å². The van der Waals surface area contributed by atoms with Crippen molar-refractivity contribution in [3.05, 3.63) is 71.0 Å². The Morgan fingerprint density at radius 1 is 1.10 bits per heavy atom. The first-order valence-corrected chi connectivity index (χ1v) is 14.1. The number of aliphatic hydroxyl groups excluding tert-OH is 1. The number of carbonyl (C=O) groups excluding carboxylic acids is 1. The second-order valence-electron chi connectivity index (χ2n) is 10.7. The van der Waals surface area contributed by atoms with Gasteiger partial charge in [-0.25, -0.2) is 14.8 Å². The molecule has 1 saturated heterocycles. The SMILES string of the molecule is CC1CCC(Cn2c(N[C@@H](CO)c3ccccc3)nc3nc(C4NOC(=O)N4)nc(-c4cccc(Cl)c4)c32)CC1. The van der Waals surface area contributed by atoms with Crippen LogP contribution in [0.2, 0.25) is 5.02 Å². The smallest absolute Gasteiger partial charge is 0.394 e. The van der Waals surface area contributed by atoms with E-state index in [0.717, 1.165) is 41.9 Å². The molecule has 1 saturated carbocycles. The number of amides is 1. The number of hydrogen-bond acceptors (Lipinski definition) is 8. The number of halogens is 1. The number of aromatic nitrogens is 4. The van der Waals surface area contributed by atoms with Gasteiger partial charge in [-0.05, 0) is 42.4 Å². The molecule has 10 nitrogen and oxygen atoms in total. The van der Waals surface area contributed by atoms with E-state index in [1.54, 1.807) is 0 Å². The summed E-state index contributed by atoms with van der Waals surface area (Å²) in [5.41, 5.74) is 6.28. The topological polar surface area (TPSA) is 126 Å². The molecule has 3 heterocycles. The molecule has 40 heavy (non-hydrogen) atoms. The van der Waals surface area contributed by atoms with E-state index in [1.807, 2.05) is 54.6 Å². The maximum atomic E-state index is 11.8. The summed E-state index contributed by atoms with van der Waals surface area (Å²) in [5, 5.41) is 17.1. The van der Waals surface area contributed by atoms with Crippen molar-refractivity contribution in [1.82, 2.24) is 30.3 Å². The molecule has 2 fully saturated rings. The van der Waals surface area contributed by atoms with Crippen LogP contribution in [0, 0.1) is 11.8 Å². The van der Waals surface area contributed by atoms with Gasteiger partial charge in [0.2, 0.25) is 5.95 Å². The third-order valence-corrected chi connectivity index (χ3v) is 8.01. The molecule has 6 rings (SSSR count). The predicted octanol–water partition coefficient (Wildman–Crippen LogP) is 5.36. The average molecular weight is 562 g/mol. The summed E-state index contributed by atoms with van der Waals surface area (Å²) in [5.74, 6) is 2.12. The fourth-order valence-corrected chi connectivity index (χ4v) is 5.75. The molecule has 2 aromatic carbocycles. The quantitative estimate of drug-likeness (QED) is 0.226. The van der Waals surface area contributed by atoms with Crippen LogP contribution in [0.25, 0.3) is 22.4 Å². The lowest BCUT2D eigenvalue weighted by Crippen LogP contribution is -2.25. The fourth-order valence-electron chi connectivity index (χ4n) is 5.56. The summed E-state index contributed by atoms with van der Waals surface area (Å²) >= 11 is 6.41. The average Bonchev–Trinajstić information content (AvgIpc) is 3.56. The third-order valence-electron chi connectivity index (χ3n) is 7.77. The number of nitrogens with zero attached hydrogens (tertiary/aromatic N) is 4. The Bertz CT molecular complexity index is 1500. The third kappa shape index (κ3) is 5.47. The zero-order valence-corrected chi connectivity index (χ0v) is 22.9. The van der Waals surface area contributed by atoms with Crippen molar-refractivity contribution in [2.75, 3.05) is 11.9 Å². The highest BCUT2D eigenvalue weighted by Gasteiger charge is 2.30.